The van der Waals surface area contributed by atoms with Crippen LogP contribution in [0, 0.1) is 17.8 Å². The molecule has 4 heteroatoms. The molecule has 4 nitrogen and oxygen atoms in total. The summed E-state index contributed by atoms with van der Waals surface area (Å²) in [5.41, 5.74) is 2.94. The van der Waals surface area contributed by atoms with Crippen molar-refractivity contribution in [3.8, 4) is 0 Å². The number of methoxy groups -OCH3 is 2. The van der Waals surface area contributed by atoms with E-state index in [1.807, 2.05) is 0 Å². The van der Waals surface area contributed by atoms with Crippen LogP contribution in [0.4, 0.5) is 0 Å². The van der Waals surface area contributed by atoms with Crippen molar-refractivity contribution in [1.29, 1.82) is 0 Å². The molecule has 0 N–H and O–H groups in total. The molecular formula is C32H50O4. The molecule has 0 radical (unpaired) electrons. The quantitative estimate of drug-likeness (QED) is 0.149. The molecule has 1 aromatic rings. The molecule has 0 spiro atoms. The number of hydrogen-bond donors (Lipinski definition) is 0. The molecule has 2 aliphatic rings. The number of unbranched alkanes of at least 4 members (excludes halogenated alkanes) is 2. The van der Waals surface area contributed by atoms with Crippen LogP contribution in [0.2, 0.25) is 0 Å². The number of ether oxygens (including phenoxy) is 3. The first-order valence-corrected chi connectivity index (χ1v) is 14.5. The van der Waals surface area contributed by atoms with Crippen molar-refractivity contribution in [2.75, 3.05) is 34.0 Å². The summed E-state index contributed by atoms with van der Waals surface area (Å²) in [6, 6.07) is 8.97. The Hall–Kier alpha value is -1.65. The molecule has 1 atom stereocenters. The average molecular weight is 499 g/mol. The van der Waals surface area contributed by atoms with Gasteiger partial charge in [0.1, 0.15) is 6.61 Å². The molecule has 0 saturated heterocycles. The second-order valence-corrected chi connectivity index (χ2v) is 11.3. The molecule has 3 rings (SSSR count). The van der Waals surface area contributed by atoms with Crippen molar-refractivity contribution in [2.24, 2.45) is 17.8 Å². The summed E-state index contributed by atoms with van der Waals surface area (Å²) in [6.07, 6.45) is 17.0. The Balaban J connectivity index is 1.45. The van der Waals surface area contributed by atoms with Gasteiger partial charge >= 0.3 is 5.97 Å². The standard InChI is InChI=1S/C32H50O4/c1-5-6-7-8-25-9-11-26(12-10-25)27-13-15-28(16-14-27)29-17-19-30(20-18-29)31(22-35-4)23-36-32(33)24(2)21-34-3/h17-20,25-28,31H,2,5-16,21-23H2,1,3-4H3. The lowest BCUT2D eigenvalue weighted by molar-refractivity contribution is -0.140. The van der Waals surface area contributed by atoms with Crippen LogP contribution in [0.1, 0.15) is 107 Å². The van der Waals surface area contributed by atoms with Crippen LogP contribution in [0.25, 0.3) is 0 Å². The third-order valence-corrected chi connectivity index (χ3v) is 8.82. The fourth-order valence-corrected chi connectivity index (χ4v) is 6.55. The van der Waals surface area contributed by atoms with Crippen LogP contribution in [0.5, 0.6) is 0 Å². The van der Waals surface area contributed by atoms with E-state index in [0.29, 0.717) is 18.1 Å². The van der Waals surface area contributed by atoms with Gasteiger partial charge in [-0.25, -0.2) is 4.79 Å². The van der Waals surface area contributed by atoms with Crippen molar-refractivity contribution in [1.82, 2.24) is 0 Å². The number of benzene rings is 1. The van der Waals surface area contributed by atoms with E-state index in [1.54, 1.807) is 14.2 Å². The van der Waals surface area contributed by atoms with Crippen LogP contribution in [-0.4, -0.2) is 40.0 Å². The topological polar surface area (TPSA) is 44.8 Å². The van der Waals surface area contributed by atoms with E-state index in [4.69, 9.17) is 14.2 Å². The third kappa shape index (κ3) is 8.73. The van der Waals surface area contributed by atoms with Gasteiger partial charge in [-0.3, -0.25) is 0 Å². The highest BCUT2D eigenvalue weighted by Crippen LogP contribution is 2.44. The summed E-state index contributed by atoms with van der Waals surface area (Å²) in [7, 11) is 3.23. The number of rotatable bonds is 14. The molecule has 1 aromatic carbocycles. The van der Waals surface area contributed by atoms with Crippen LogP contribution < -0.4 is 0 Å². The number of esters is 1. The molecule has 0 bridgehead atoms. The van der Waals surface area contributed by atoms with Gasteiger partial charge in [0.05, 0.1) is 18.8 Å². The Morgan fingerprint density at radius 2 is 1.53 bits per heavy atom. The Labute approximate surface area is 220 Å². The summed E-state index contributed by atoms with van der Waals surface area (Å²) < 4.78 is 15.9. The lowest BCUT2D eigenvalue weighted by Crippen LogP contribution is -2.25. The minimum absolute atomic E-state index is 0.0104. The van der Waals surface area contributed by atoms with Crippen molar-refractivity contribution in [3.05, 3.63) is 47.5 Å². The molecular weight excluding hydrogens is 448 g/mol. The Kier molecular flexibility index (Phi) is 12.5. The van der Waals surface area contributed by atoms with Gasteiger partial charge in [0.2, 0.25) is 0 Å². The number of carbonyl (C=O) groups excluding carboxylic acids is 1. The van der Waals surface area contributed by atoms with E-state index >= 15 is 0 Å². The number of hydrogen-bond acceptors (Lipinski definition) is 4. The summed E-state index contributed by atoms with van der Waals surface area (Å²) in [6.45, 7) is 7.01. The average Bonchev–Trinajstić information content (AvgIpc) is 2.92. The highest BCUT2D eigenvalue weighted by Gasteiger charge is 2.31. The van der Waals surface area contributed by atoms with E-state index in [2.05, 4.69) is 37.8 Å². The van der Waals surface area contributed by atoms with Crippen LogP contribution >= 0.6 is 0 Å². The van der Waals surface area contributed by atoms with Gasteiger partial charge in [-0.2, -0.15) is 0 Å². The minimum atomic E-state index is -0.406. The van der Waals surface area contributed by atoms with Crippen LogP contribution in [-0.2, 0) is 19.0 Å². The molecule has 2 aliphatic carbocycles. The number of carbonyl (C=O) groups is 1. The van der Waals surface area contributed by atoms with E-state index in [9.17, 15) is 4.79 Å². The maximum absolute atomic E-state index is 12.1. The fourth-order valence-electron chi connectivity index (χ4n) is 6.55. The Morgan fingerprint density at radius 3 is 2.11 bits per heavy atom. The summed E-state index contributed by atoms with van der Waals surface area (Å²) in [5.74, 6) is 3.22. The van der Waals surface area contributed by atoms with Gasteiger partial charge in [0.15, 0.2) is 0 Å². The minimum Gasteiger partial charge on any atom is -0.462 e. The van der Waals surface area contributed by atoms with Gasteiger partial charge in [-0.15, -0.1) is 0 Å². The van der Waals surface area contributed by atoms with E-state index < -0.39 is 5.97 Å². The first kappa shape index (κ1) is 28.9. The van der Waals surface area contributed by atoms with Gasteiger partial charge in [0, 0.05) is 20.1 Å². The maximum Gasteiger partial charge on any atom is 0.335 e. The van der Waals surface area contributed by atoms with Crippen LogP contribution in [0.15, 0.2) is 36.4 Å². The van der Waals surface area contributed by atoms with Crippen molar-refractivity contribution in [3.63, 3.8) is 0 Å². The zero-order chi connectivity index (χ0) is 25.8. The van der Waals surface area contributed by atoms with Gasteiger partial charge in [-0.1, -0.05) is 76.3 Å². The largest absolute Gasteiger partial charge is 0.462 e. The molecule has 2 fully saturated rings. The van der Waals surface area contributed by atoms with Crippen molar-refractivity contribution in [2.45, 2.75) is 95.8 Å². The first-order chi connectivity index (χ1) is 17.5. The smallest absolute Gasteiger partial charge is 0.335 e. The van der Waals surface area contributed by atoms with E-state index in [-0.39, 0.29) is 19.1 Å². The SMILES string of the molecule is C=C(COC)C(=O)OCC(COC)c1ccc(C2CCC(C3CCC(CCCCC)CC3)CC2)cc1. The monoisotopic (exact) mass is 498 g/mol. The van der Waals surface area contributed by atoms with Crippen molar-refractivity contribution < 1.29 is 19.0 Å². The molecule has 0 amide bonds. The zero-order valence-electron chi connectivity index (χ0n) is 23.1. The molecule has 1 unspecified atom stereocenters. The summed E-state index contributed by atoms with van der Waals surface area (Å²) >= 11 is 0. The van der Waals surface area contributed by atoms with E-state index in [0.717, 1.165) is 23.3 Å². The van der Waals surface area contributed by atoms with Gasteiger partial charge in [0.25, 0.3) is 0 Å². The second-order valence-electron chi connectivity index (χ2n) is 11.3. The third-order valence-electron chi connectivity index (χ3n) is 8.82. The fraction of sp³-hybridized carbons (Fsp3) is 0.719. The predicted octanol–water partition coefficient (Wildman–Crippen LogP) is 7.82. The highest BCUT2D eigenvalue weighted by atomic mass is 16.5. The van der Waals surface area contributed by atoms with Gasteiger partial charge < -0.3 is 14.2 Å². The summed E-state index contributed by atoms with van der Waals surface area (Å²) in [5, 5.41) is 0. The van der Waals surface area contributed by atoms with Gasteiger partial charge in [-0.05, 0) is 73.3 Å². The Morgan fingerprint density at radius 1 is 0.889 bits per heavy atom. The predicted molar refractivity (Wildman–Crippen MR) is 147 cm³/mol. The Bertz CT molecular complexity index is 770. The van der Waals surface area contributed by atoms with E-state index in [1.165, 1.54) is 82.6 Å². The lowest BCUT2D eigenvalue weighted by atomic mass is 9.68. The normalized spacial score (nSPS) is 25.3. The highest BCUT2D eigenvalue weighted by molar-refractivity contribution is 5.88. The molecule has 0 aromatic heterocycles. The molecule has 36 heavy (non-hydrogen) atoms. The first-order valence-electron chi connectivity index (χ1n) is 14.5. The van der Waals surface area contributed by atoms with Crippen LogP contribution in [0.3, 0.4) is 0 Å². The summed E-state index contributed by atoms with van der Waals surface area (Å²) in [4.78, 5) is 12.1. The lowest BCUT2D eigenvalue weighted by Gasteiger charge is -2.38. The molecule has 0 heterocycles. The maximum atomic E-state index is 12.1. The molecule has 202 valence electrons. The zero-order valence-corrected chi connectivity index (χ0v) is 23.1. The molecule has 2 saturated carbocycles. The second kappa shape index (κ2) is 15.6. The van der Waals surface area contributed by atoms with Crippen molar-refractivity contribution >= 4 is 5.97 Å². The molecule has 0 aliphatic heterocycles.